The van der Waals surface area contributed by atoms with Crippen LogP contribution in [0.25, 0.3) is 0 Å². The molecule has 0 unspecified atom stereocenters. The highest BCUT2D eigenvalue weighted by Crippen LogP contribution is 2.27. The van der Waals surface area contributed by atoms with Gasteiger partial charge < -0.3 is 16.0 Å². The van der Waals surface area contributed by atoms with Crippen molar-refractivity contribution < 1.29 is 18.0 Å². The highest BCUT2D eigenvalue weighted by molar-refractivity contribution is 7.90. The average Bonchev–Trinajstić information content (AvgIpc) is 3.08. The molecule has 1 aliphatic heterocycles. The van der Waals surface area contributed by atoms with Crippen LogP contribution in [0.4, 0.5) is 11.4 Å². The van der Waals surface area contributed by atoms with E-state index in [1.54, 1.807) is 66.7 Å². The lowest BCUT2D eigenvalue weighted by Crippen LogP contribution is -2.28. The Balaban J connectivity index is 1.47. The molecule has 4 rings (SSSR count). The minimum absolute atomic E-state index is 0.157. The molecule has 0 fully saturated rings. The van der Waals surface area contributed by atoms with Gasteiger partial charge in [0.05, 0.1) is 11.3 Å². The van der Waals surface area contributed by atoms with Crippen LogP contribution in [-0.2, 0) is 10.0 Å². The molecule has 3 aromatic rings. The van der Waals surface area contributed by atoms with E-state index in [1.807, 2.05) is 13.8 Å². The number of benzene rings is 3. The van der Waals surface area contributed by atoms with Gasteiger partial charge >= 0.3 is 0 Å². The number of nitrogens with zero attached hydrogens (tertiary/aromatic N) is 1. The number of carbonyl (C=O) groups is 2. The van der Waals surface area contributed by atoms with Crippen LogP contribution in [-0.4, -0.2) is 32.6 Å². The summed E-state index contributed by atoms with van der Waals surface area (Å²) in [7, 11) is -3.72. The third kappa shape index (κ3) is 4.99. The lowest BCUT2D eigenvalue weighted by atomic mass is 10.1. The first-order valence-electron chi connectivity index (χ1n) is 10.7. The lowest BCUT2D eigenvalue weighted by Gasteiger charge is -2.13. The first-order valence-corrected chi connectivity index (χ1v) is 12.2. The van der Waals surface area contributed by atoms with Gasteiger partial charge in [0.2, 0.25) is 0 Å². The van der Waals surface area contributed by atoms with Crippen molar-refractivity contribution in [3.05, 3.63) is 89.5 Å². The number of rotatable bonds is 6. The number of anilines is 2. The summed E-state index contributed by atoms with van der Waals surface area (Å²) in [6.07, 6.45) is 0. The van der Waals surface area contributed by atoms with Gasteiger partial charge in [0.25, 0.3) is 21.8 Å². The van der Waals surface area contributed by atoms with Crippen LogP contribution in [0.5, 0.6) is 0 Å². The number of carbonyl (C=O) groups excluding carboxylic acids is 2. The van der Waals surface area contributed by atoms with Gasteiger partial charge in [0.15, 0.2) is 5.84 Å². The Morgan fingerprint density at radius 2 is 1.56 bits per heavy atom. The number of hydrogen-bond acceptors (Lipinski definition) is 5. The van der Waals surface area contributed by atoms with Crippen molar-refractivity contribution in [1.29, 1.82) is 0 Å². The number of nitrogens with one attached hydrogen (secondary N) is 3. The maximum Gasteiger partial charge on any atom is 0.285 e. The zero-order valence-electron chi connectivity index (χ0n) is 18.7. The van der Waals surface area contributed by atoms with Crippen molar-refractivity contribution in [3.8, 4) is 0 Å². The van der Waals surface area contributed by atoms with Gasteiger partial charge in [-0.3, -0.25) is 9.59 Å². The molecule has 0 saturated heterocycles. The van der Waals surface area contributed by atoms with Gasteiger partial charge in [-0.1, -0.05) is 38.1 Å². The van der Waals surface area contributed by atoms with E-state index in [0.717, 1.165) is 0 Å². The van der Waals surface area contributed by atoms with Crippen LogP contribution in [0.1, 0.15) is 40.1 Å². The fraction of sp³-hybridized carbons (Fsp3) is 0.160. The van der Waals surface area contributed by atoms with Crippen molar-refractivity contribution in [2.45, 2.75) is 18.7 Å². The summed E-state index contributed by atoms with van der Waals surface area (Å²) in [5.41, 5.74) is 2.25. The molecule has 0 aliphatic carbocycles. The summed E-state index contributed by atoms with van der Waals surface area (Å²) in [5.74, 6) is -0.0886. The summed E-state index contributed by atoms with van der Waals surface area (Å²) < 4.78 is 28.2. The van der Waals surface area contributed by atoms with E-state index in [2.05, 4.69) is 20.3 Å². The monoisotopic (exact) mass is 476 g/mol. The van der Waals surface area contributed by atoms with E-state index in [0.29, 0.717) is 40.5 Å². The molecule has 1 heterocycles. The molecule has 2 amide bonds. The summed E-state index contributed by atoms with van der Waals surface area (Å²) >= 11 is 0. The van der Waals surface area contributed by atoms with Crippen molar-refractivity contribution in [3.63, 3.8) is 0 Å². The number of para-hydroxylation sites is 1. The molecule has 34 heavy (non-hydrogen) atoms. The minimum Gasteiger partial charge on any atom is -0.352 e. The van der Waals surface area contributed by atoms with Gasteiger partial charge in [-0.2, -0.15) is 8.42 Å². The number of fused-ring (bicyclic) bond motifs is 1. The topological polar surface area (TPSA) is 117 Å². The summed E-state index contributed by atoms with van der Waals surface area (Å²) in [5, 5.41) is 8.64. The molecule has 3 aromatic carbocycles. The quantitative estimate of drug-likeness (QED) is 0.499. The van der Waals surface area contributed by atoms with E-state index in [-0.39, 0.29) is 22.5 Å². The van der Waals surface area contributed by atoms with Crippen LogP contribution in [0.2, 0.25) is 0 Å². The molecule has 0 saturated carbocycles. The summed E-state index contributed by atoms with van der Waals surface area (Å²) in [6, 6.07) is 19.9. The molecular formula is C25H24N4O4S. The largest absolute Gasteiger partial charge is 0.352 e. The highest BCUT2D eigenvalue weighted by atomic mass is 32.2. The molecular weight excluding hydrogens is 452 g/mol. The Bertz CT molecular complexity index is 1380. The third-order valence-electron chi connectivity index (χ3n) is 5.13. The smallest absolute Gasteiger partial charge is 0.285 e. The molecule has 3 N–H and O–H groups in total. The number of amides is 2. The Labute approximate surface area is 198 Å². The van der Waals surface area contributed by atoms with Crippen molar-refractivity contribution in [1.82, 2.24) is 5.32 Å². The summed E-state index contributed by atoms with van der Waals surface area (Å²) in [6.45, 7) is 4.54. The van der Waals surface area contributed by atoms with Crippen molar-refractivity contribution in [2.75, 3.05) is 17.2 Å². The second kappa shape index (κ2) is 9.48. The van der Waals surface area contributed by atoms with Crippen LogP contribution < -0.4 is 16.0 Å². The predicted molar refractivity (Wildman–Crippen MR) is 132 cm³/mol. The van der Waals surface area contributed by atoms with E-state index in [1.165, 1.54) is 6.07 Å². The fourth-order valence-corrected chi connectivity index (χ4v) is 4.59. The lowest BCUT2D eigenvalue weighted by molar-refractivity contribution is 0.0950. The van der Waals surface area contributed by atoms with Crippen LogP contribution in [0, 0.1) is 5.92 Å². The van der Waals surface area contributed by atoms with Gasteiger partial charge in [0, 0.05) is 23.4 Å². The predicted octanol–water partition coefficient (Wildman–Crippen LogP) is 3.89. The van der Waals surface area contributed by atoms with Crippen LogP contribution in [0.3, 0.4) is 0 Å². The Hall–Kier alpha value is -3.98. The maximum atomic E-state index is 12.8. The molecule has 1 aliphatic rings. The second-order valence-electron chi connectivity index (χ2n) is 8.22. The Kier molecular flexibility index (Phi) is 6.47. The van der Waals surface area contributed by atoms with Crippen LogP contribution in [0.15, 0.2) is 82.1 Å². The second-order valence-corrected chi connectivity index (χ2v) is 9.79. The standard InChI is InChI=1S/C25H24N4O4S/c1-16(2)15-26-25(31)19-7-3-5-9-21(19)28-24(30)17-11-13-18(14-12-17)27-23-20-8-4-6-10-22(20)34(32,33)29-23/h3-14,16H,15H2,1-2H3,(H,26,31)(H,27,29)(H,28,30). The maximum absolute atomic E-state index is 12.8. The average molecular weight is 477 g/mol. The van der Waals surface area contributed by atoms with Crippen molar-refractivity contribution >= 4 is 39.0 Å². The molecule has 0 spiro atoms. The molecule has 0 aromatic heterocycles. The highest BCUT2D eigenvalue weighted by Gasteiger charge is 2.28. The first kappa shape index (κ1) is 23.2. The van der Waals surface area contributed by atoms with Crippen molar-refractivity contribution in [2.24, 2.45) is 10.3 Å². The van der Waals surface area contributed by atoms with E-state index in [4.69, 9.17) is 0 Å². The van der Waals surface area contributed by atoms with Gasteiger partial charge in [0.1, 0.15) is 4.90 Å². The molecule has 0 radical (unpaired) electrons. The summed E-state index contributed by atoms with van der Waals surface area (Å²) in [4.78, 5) is 25.5. The molecule has 9 heteroatoms. The van der Waals surface area contributed by atoms with E-state index in [9.17, 15) is 18.0 Å². The molecule has 174 valence electrons. The zero-order valence-corrected chi connectivity index (χ0v) is 19.5. The number of amidine groups is 1. The minimum atomic E-state index is -3.72. The third-order valence-corrected chi connectivity index (χ3v) is 6.47. The first-order chi connectivity index (χ1) is 16.2. The Morgan fingerprint density at radius 1 is 0.882 bits per heavy atom. The molecule has 8 nitrogen and oxygen atoms in total. The van der Waals surface area contributed by atoms with Gasteiger partial charge in [-0.15, -0.1) is 4.40 Å². The SMILES string of the molecule is CC(C)CNC(=O)c1ccccc1NC(=O)c1ccc(NC2=NS(=O)(=O)c3ccccc32)cc1. The Morgan fingerprint density at radius 3 is 2.29 bits per heavy atom. The normalized spacial score (nSPS) is 13.7. The zero-order chi connectivity index (χ0) is 24.3. The number of sulfonamides is 1. The fourth-order valence-electron chi connectivity index (χ4n) is 3.41. The van der Waals surface area contributed by atoms with E-state index >= 15 is 0 Å². The van der Waals surface area contributed by atoms with Crippen LogP contribution >= 0.6 is 0 Å². The number of hydrogen-bond donors (Lipinski definition) is 3. The van der Waals surface area contributed by atoms with Gasteiger partial charge in [-0.25, -0.2) is 0 Å². The molecule has 0 bridgehead atoms. The van der Waals surface area contributed by atoms with Gasteiger partial charge in [-0.05, 0) is 54.4 Å². The van der Waals surface area contributed by atoms with E-state index < -0.39 is 10.0 Å². The molecule has 0 atom stereocenters.